The predicted octanol–water partition coefficient (Wildman–Crippen LogP) is 1.35. The van der Waals surface area contributed by atoms with E-state index in [1.165, 1.54) is 24.0 Å². The van der Waals surface area contributed by atoms with Crippen molar-refractivity contribution >= 4 is 26.7 Å². The molecule has 14 heteroatoms. The number of sulfonamides is 1. The summed E-state index contributed by atoms with van der Waals surface area (Å²) in [4.78, 5) is 40.6. The highest BCUT2D eigenvalue weighted by Crippen LogP contribution is 2.38. The van der Waals surface area contributed by atoms with Gasteiger partial charge in [0, 0.05) is 25.2 Å². The molecule has 3 aromatic rings. The summed E-state index contributed by atoms with van der Waals surface area (Å²) >= 11 is 0. The minimum Gasteiger partial charge on any atom is -0.305 e. The van der Waals surface area contributed by atoms with Gasteiger partial charge in [0.1, 0.15) is 11.5 Å². The summed E-state index contributed by atoms with van der Waals surface area (Å²) < 4.78 is 66.7. The molecular formula is C18H18F3N5O5S. The third kappa shape index (κ3) is 4.59. The van der Waals surface area contributed by atoms with Crippen LogP contribution in [0.3, 0.4) is 0 Å². The van der Waals surface area contributed by atoms with Gasteiger partial charge < -0.3 is 4.98 Å². The van der Waals surface area contributed by atoms with E-state index in [0.29, 0.717) is 12.5 Å². The van der Waals surface area contributed by atoms with Gasteiger partial charge in [0.25, 0.3) is 15.6 Å². The number of nitrogens with one attached hydrogen (secondary N) is 2. The molecule has 3 rings (SSSR count). The van der Waals surface area contributed by atoms with E-state index in [0.717, 1.165) is 6.07 Å². The normalized spacial score (nSPS) is 12.3. The maximum absolute atomic E-state index is 13.7. The van der Waals surface area contributed by atoms with E-state index in [9.17, 15) is 36.0 Å². The third-order valence-electron chi connectivity index (χ3n) is 4.55. The van der Waals surface area contributed by atoms with Crippen molar-refractivity contribution in [2.75, 3.05) is 10.6 Å². The maximum Gasteiger partial charge on any atom is 0.417 e. The van der Waals surface area contributed by atoms with Gasteiger partial charge in [-0.05, 0) is 24.6 Å². The fourth-order valence-corrected chi connectivity index (χ4v) is 4.24. The van der Waals surface area contributed by atoms with Crippen LogP contribution in [0.4, 0.5) is 13.2 Å². The second-order valence-electron chi connectivity index (χ2n) is 6.99. The van der Waals surface area contributed by atoms with E-state index >= 15 is 0 Å². The zero-order chi connectivity index (χ0) is 23.8. The Hall–Kier alpha value is -3.42. The largest absolute Gasteiger partial charge is 0.417 e. The van der Waals surface area contributed by atoms with E-state index in [-0.39, 0.29) is 27.7 Å². The molecule has 0 aliphatic heterocycles. The highest BCUT2D eigenvalue weighted by Gasteiger charge is 2.35. The Morgan fingerprint density at radius 1 is 1.25 bits per heavy atom. The molecule has 2 aromatic heterocycles. The van der Waals surface area contributed by atoms with Crippen molar-refractivity contribution in [3.05, 3.63) is 50.8 Å². The maximum atomic E-state index is 13.7. The number of hydrogen-bond acceptors (Lipinski definition) is 6. The molecule has 0 atom stereocenters. The van der Waals surface area contributed by atoms with Gasteiger partial charge in [-0.15, -0.1) is 0 Å². The molecule has 10 nitrogen and oxygen atoms in total. The van der Waals surface area contributed by atoms with Crippen LogP contribution in [0.5, 0.6) is 0 Å². The number of aryl methyl sites for hydroxylation is 1. The first kappa shape index (κ1) is 23.2. The lowest BCUT2D eigenvalue weighted by molar-refractivity contribution is -0.137. The number of halogens is 3. The summed E-state index contributed by atoms with van der Waals surface area (Å²) in [5.74, 6) is -1.59. The average Bonchev–Trinajstić information content (AvgIpc) is 3.09. The van der Waals surface area contributed by atoms with Crippen LogP contribution in [0.1, 0.15) is 25.3 Å². The molecule has 0 bridgehead atoms. The van der Waals surface area contributed by atoms with Crippen LogP contribution in [0.15, 0.2) is 34.0 Å². The number of fused-ring (bicyclic) bond motifs is 1. The molecule has 2 heterocycles. The SMILES string of the molecule is CCCC(=O)CS(=O)(=O)Nn1c(=O)[nH]c2cc(C(F)(F)F)c(-c3ccnn3C)cc2c1=O. The molecule has 0 unspecified atom stereocenters. The van der Waals surface area contributed by atoms with Gasteiger partial charge >= 0.3 is 11.9 Å². The van der Waals surface area contributed by atoms with Crippen LogP contribution in [-0.4, -0.2) is 39.4 Å². The number of benzene rings is 1. The number of aromatic amines is 1. The zero-order valence-electron chi connectivity index (χ0n) is 16.9. The Morgan fingerprint density at radius 2 is 1.94 bits per heavy atom. The van der Waals surface area contributed by atoms with Gasteiger partial charge in [-0.1, -0.05) is 6.92 Å². The summed E-state index contributed by atoms with van der Waals surface area (Å²) in [5, 5.41) is 3.45. The van der Waals surface area contributed by atoms with Crippen molar-refractivity contribution in [3.8, 4) is 11.3 Å². The highest BCUT2D eigenvalue weighted by molar-refractivity contribution is 7.93. The van der Waals surface area contributed by atoms with Crippen LogP contribution in [-0.2, 0) is 28.0 Å². The number of H-pyrrole nitrogens is 1. The van der Waals surface area contributed by atoms with Crippen molar-refractivity contribution in [2.45, 2.75) is 25.9 Å². The van der Waals surface area contributed by atoms with Gasteiger partial charge in [0.15, 0.2) is 0 Å². The van der Waals surface area contributed by atoms with Crippen LogP contribution in [0, 0.1) is 0 Å². The molecule has 0 radical (unpaired) electrons. The molecule has 0 aliphatic rings. The number of nitrogens with zero attached hydrogens (tertiary/aromatic N) is 3. The monoisotopic (exact) mass is 473 g/mol. The van der Waals surface area contributed by atoms with E-state index < -0.39 is 50.1 Å². The van der Waals surface area contributed by atoms with Gasteiger partial charge in [0.05, 0.1) is 22.2 Å². The molecule has 0 saturated heterocycles. The molecular weight excluding hydrogens is 455 g/mol. The first-order valence-corrected chi connectivity index (χ1v) is 10.9. The second kappa shape index (κ2) is 8.26. The summed E-state index contributed by atoms with van der Waals surface area (Å²) in [6.45, 7) is 1.67. The van der Waals surface area contributed by atoms with E-state index in [2.05, 4.69) is 10.1 Å². The minimum absolute atomic E-state index is 0.0157. The van der Waals surface area contributed by atoms with Crippen LogP contribution < -0.4 is 16.1 Å². The fraction of sp³-hybridized carbons (Fsp3) is 0.333. The summed E-state index contributed by atoms with van der Waals surface area (Å²) in [7, 11) is -3.00. The number of alkyl halides is 3. The van der Waals surface area contributed by atoms with E-state index in [1.54, 1.807) is 11.8 Å². The van der Waals surface area contributed by atoms with Crippen molar-refractivity contribution < 1.29 is 26.4 Å². The van der Waals surface area contributed by atoms with Gasteiger partial charge in [-0.2, -0.15) is 22.9 Å². The van der Waals surface area contributed by atoms with Crippen LogP contribution >= 0.6 is 0 Å². The van der Waals surface area contributed by atoms with E-state index in [1.807, 2.05) is 0 Å². The van der Waals surface area contributed by atoms with Gasteiger partial charge in [-0.25, -0.2) is 18.0 Å². The lowest BCUT2D eigenvalue weighted by Gasteiger charge is -2.15. The number of carbonyl (C=O) groups is 1. The quantitative estimate of drug-likeness (QED) is 0.532. The number of rotatable bonds is 7. The molecule has 172 valence electrons. The summed E-state index contributed by atoms with van der Waals surface area (Å²) in [5.41, 5.74) is -4.41. The smallest absolute Gasteiger partial charge is 0.305 e. The second-order valence-corrected chi connectivity index (χ2v) is 8.69. The minimum atomic E-state index is -4.82. The Morgan fingerprint density at radius 3 is 2.50 bits per heavy atom. The van der Waals surface area contributed by atoms with Crippen molar-refractivity contribution in [3.63, 3.8) is 0 Å². The highest BCUT2D eigenvalue weighted by atomic mass is 32.2. The number of ketones is 1. The topological polar surface area (TPSA) is 136 Å². The molecule has 0 spiro atoms. The number of aromatic nitrogens is 4. The lowest BCUT2D eigenvalue weighted by Crippen LogP contribution is -2.45. The first-order valence-electron chi connectivity index (χ1n) is 9.25. The third-order valence-corrected chi connectivity index (χ3v) is 5.71. The molecule has 0 aliphatic carbocycles. The Bertz CT molecular complexity index is 1420. The molecule has 32 heavy (non-hydrogen) atoms. The molecule has 0 saturated carbocycles. The number of carbonyl (C=O) groups excluding carboxylic acids is 1. The van der Waals surface area contributed by atoms with Crippen molar-refractivity contribution in [1.29, 1.82) is 0 Å². The molecule has 1 aromatic carbocycles. The first-order chi connectivity index (χ1) is 14.8. The summed E-state index contributed by atoms with van der Waals surface area (Å²) in [6.07, 6.45) is -3.16. The Labute approximate surface area is 178 Å². The Kier molecular flexibility index (Phi) is 6.00. The van der Waals surface area contributed by atoms with Gasteiger partial charge in [-0.3, -0.25) is 14.3 Å². The molecule has 0 fully saturated rings. The average molecular weight is 473 g/mol. The van der Waals surface area contributed by atoms with Crippen LogP contribution in [0.25, 0.3) is 22.2 Å². The van der Waals surface area contributed by atoms with Gasteiger partial charge in [0.2, 0.25) is 0 Å². The lowest BCUT2D eigenvalue weighted by atomic mass is 10.0. The number of Topliss-reactive ketones (excluding diaryl/α,β-unsaturated/α-hetero) is 1. The standard InChI is InChI=1S/C18H18F3N5O5S/c1-3-4-10(27)9-32(30,31)24-26-16(28)12-7-11(15-5-6-22-25(15)2)13(18(19,20)21)8-14(12)23-17(26)29/h5-8,24H,3-4,9H2,1-2H3,(H,23,29). The molecule has 0 amide bonds. The predicted molar refractivity (Wildman–Crippen MR) is 109 cm³/mol. The summed E-state index contributed by atoms with van der Waals surface area (Å²) in [6, 6.07) is 2.81. The zero-order valence-corrected chi connectivity index (χ0v) is 17.7. The number of hydrogen-bond donors (Lipinski definition) is 2. The van der Waals surface area contributed by atoms with Crippen molar-refractivity contribution in [1.82, 2.24) is 19.4 Å². The van der Waals surface area contributed by atoms with Crippen LogP contribution in [0.2, 0.25) is 0 Å². The van der Waals surface area contributed by atoms with E-state index in [4.69, 9.17) is 0 Å². The fourth-order valence-electron chi connectivity index (χ4n) is 3.17. The Balaban J connectivity index is 2.21. The molecule has 2 N–H and O–H groups in total. The van der Waals surface area contributed by atoms with Crippen molar-refractivity contribution in [2.24, 2.45) is 7.05 Å².